The second-order valence-corrected chi connectivity index (χ2v) is 6.33. The third-order valence-corrected chi connectivity index (χ3v) is 3.72. The number of rotatable bonds is 6. The summed E-state index contributed by atoms with van der Waals surface area (Å²) in [7, 11) is -0.711. The van der Waals surface area contributed by atoms with Gasteiger partial charge in [0.05, 0.1) is 0 Å². The summed E-state index contributed by atoms with van der Waals surface area (Å²) in [6.07, 6.45) is 1.74. The molecule has 0 radical (unpaired) electrons. The van der Waals surface area contributed by atoms with E-state index in [1.54, 1.807) is 6.26 Å². The molecule has 2 unspecified atom stereocenters. The number of hydrogen-bond donors (Lipinski definition) is 1. The maximum atomic E-state index is 11.0. The zero-order valence-electron chi connectivity index (χ0n) is 11.2. The average molecular weight is 253 g/mol. The van der Waals surface area contributed by atoms with E-state index in [-0.39, 0.29) is 0 Å². The molecule has 1 aromatic rings. The molecule has 1 aromatic carbocycles. The van der Waals surface area contributed by atoms with E-state index in [1.165, 1.54) is 11.1 Å². The van der Waals surface area contributed by atoms with Gasteiger partial charge in [-0.25, -0.2) is 0 Å². The van der Waals surface area contributed by atoms with Crippen LogP contribution in [-0.2, 0) is 10.8 Å². The fraction of sp³-hybridized carbons (Fsp3) is 0.571. The molecule has 0 fully saturated rings. The summed E-state index contributed by atoms with van der Waals surface area (Å²) >= 11 is 0. The first kappa shape index (κ1) is 14.4. The summed E-state index contributed by atoms with van der Waals surface area (Å²) in [5.41, 5.74) is 2.66. The van der Waals surface area contributed by atoms with Gasteiger partial charge in [-0.1, -0.05) is 38.1 Å². The van der Waals surface area contributed by atoms with Crippen LogP contribution in [0, 0.1) is 0 Å². The first-order valence-electron chi connectivity index (χ1n) is 6.14. The third kappa shape index (κ3) is 5.00. The molecule has 0 saturated heterocycles. The van der Waals surface area contributed by atoms with Gasteiger partial charge in [-0.15, -0.1) is 0 Å². The van der Waals surface area contributed by atoms with Gasteiger partial charge in [-0.2, -0.15) is 0 Å². The van der Waals surface area contributed by atoms with Crippen molar-refractivity contribution in [2.24, 2.45) is 0 Å². The van der Waals surface area contributed by atoms with Gasteiger partial charge in [-0.3, -0.25) is 4.21 Å². The van der Waals surface area contributed by atoms with Gasteiger partial charge in [0.2, 0.25) is 0 Å². The maximum Gasteiger partial charge on any atom is 0.0357 e. The third-order valence-electron chi connectivity index (χ3n) is 2.94. The lowest BCUT2D eigenvalue weighted by molar-refractivity contribution is 0.596. The minimum atomic E-state index is -0.711. The Kier molecular flexibility index (Phi) is 5.86. The van der Waals surface area contributed by atoms with Gasteiger partial charge in [0.1, 0.15) is 0 Å². The van der Waals surface area contributed by atoms with Crippen LogP contribution in [0.1, 0.15) is 43.9 Å². The highest BCUT2D eigenvalue weighted by molar-refractivity contribution is 7.84. The minimum Gasteiger partial charge on any atom is -0.309 e. The van der Waals surface area contributed by atoms with Crippen molar-refractivity contribution >= 4 is 10.8 Å². The van der Waals surface area contributed by atoms with Crippen molar-refractivity contribution in [1.82, 2.24) is 5.32 Å². The molecular formula is C14H23NOS. The highest BCUT2D eigenvalue weighted by Crippen LogP contribution is 2.18. The summed E-state index contributed by atoms with van der Waals surface area (Å²) in [6.45, 7) is 7.35. The van der Waals surface area contributed by atoms with Crippen LogP contribution in [0.2, 0.25) is 0 Å². The molecule has 1 N–H and O–H groups in total. The first-order chi connectivity index (χ1) is 8.00. The average Bonchev–Trinajstić information content (AvgIpc) is 2.28. The van der Waals surface area contributed by atoms with E-state index in [2.05, 4.69) is 50.4 Å². The molecule has 2 nitrogen and oxygen atoms in total. The summed E-state index contributed by atoms with van der Waals surface area (Å²) in [4.78, 5) is 0. The fourth-order valence-corrected chi connectivity index (χ4v) is 2.11. The van der Waals surface area contributed by atoms with Crippen molar-refractivity contribution in [3.05, 3.63) is 35.4 Å². The summed E-state index contributed by atoms with van der Waals surface area (Å²) in [6, 6.07) is 9.05. The molecule has 0 heterocycles. The Balaban J connectivity index is 2.51. The summed E-state index contributed by atoms with van der Waals surface area (Å²) < 4.78 is 11.0. The number of benzene rings is 1. The van der Waals surface area contributed by atoms with E-state index in [0.29, 0.717) is 17.7 Å². The first-order valence-corrected chi connectivity index (χ1v) is 7.86. The zero-order chi connectivity index (χ0) is 12.8. The Hall–Kier alpha value is -0.670. The van der Waals surface area contributed by atoms with Crippen molar-refractivity contribution in [3.8, 4) is 0 Å². The van der Waals surface area contributed by atoms with E-state index in [1.807, 2.05) is 0 Å². The Labute approximate surface area is 107 Å². The van der Waals surface area contributed by atoms with Crippen LogP contribution in [0.3, 0.4) is 0 Å². The number of hydrogen-bond acceptors (Lipinski definition) is 2. The molecule has 0 amide bonds. The van der Waals surface area contributed by atoms with E-state index >= 15 is 0 Å². The fourth-order valence-electron chi connectivity index (χ4n) is 1.71. The van der Waals surface area contributed by atoms with Crippen LogP contribution in [0.15, 0.2) is 24.3 Å². The summed E-state index contributed by atoms with van der Waals surface area (Å²) in [5.74, 6) is 1.30. The molecule has 3 heteroatoms. The Morgan fingerprint density at radius 2 is 1.65 bits per heavy atom. The normalized spacial score (nSPS) is 14.9. The van der Waals surface area contributed by atoms with Crippen molar-refractivity contribution in [2.75, 3.05) is 18.6 Å². The topological polar surface area (TPSA) is 29.1 Å². The van der Waals surface area contributed by atoms with Gasteiger partial charge < -0.3 is 5.32 Å². The largest absolute Gasteiger partial charge is 0.309 e. The van der Waals surface area contributed by atoms with E-state index in [4.69, 9.17) is 0 Å². The van der Waals surface area contributed by atoms with E-state index < -0.39 is 10.8 Å². The monoisotopic (exact) mass is 253 g/mol. The molecule has 96 valence electrons. The standard InChI is InChI=1S/C14H23NOS/c1-11(2)13-5-7-14(8-6-13)12(3)15-9-10-17(4)16/h5-8,11-12,15H,9-10H2,1-4H3. The molecule has 0 aliphatic carbocycles. The summed E-state index contributed by atoms with van der Waals surface area (Å²) in [5, 5.41) is 3.39. The Morgan fingerprint density at radius 3 is 2.12 bits per heavy atom. The van der Waals surface area contributed by atoms with Crippen LogP contribution >= 0.6 is 0 Å². The molecule has 17 heavy (non-hydrogen) atoms. The van der Waals surface area contributed by atoms with Crippen molar-refractivity contribution in [3.63, 3.8) is 0 Å². The van der Waals surface area contributed by atoms with Crippen LogP contribution in [0.4, 0.5) is 0 Å². The van der Waals surface area contributed by atoms with Crippen molar-refractivity contribution < 1.29 is 4.21 Å². The van der Waals surface area contributed by atoms with Crippen LogP contribution in [-0.4, -0.2) is 22.8 Å². The van der Waals surface area contributed by atoms with E-state index in [0.717, 1.165) is 6.54 Å². The van der Waals surface area contributed by atoms with Crippen molar-refractivity contribution in [1.29, 1.82) is 0 Å². The predicted octanol–water partition coefficient (Wildman–Crippen LogP) is 2.84. The predicted molar refractivity (Wildman–Crippen MR) is 75.9 cm³/mol. The van der Waals surface area contributed by atoms with Crippen LogP contribution in [0.5, 0.6) is 0 Å². The molecule has 1 rings (SSSR count). The quantitative estimate of drug-likeness (QED) is 0.844. The molecule has 0 spiro atoms. The lowest BCUT2D eigenvalue weighted by Crippen LogP contribution is -2.23. The second kappa shape index (κ2) is 6.92. The molecule has 0 aliphatic heterocycles. The van der Waals surface area contributed by atoms with Gasteiger partial charge in [0.15, 0.2) is 0 Å². The smallest absolute Gasteiger partial charge is 0.0357 e. The minimum absolute atomic E-state index is 0.319. The number of nitrogens with one attached hydrogen (secondary N) is 1. The molecule has 2 atom stereocenters. The molecule has 0 saturated carbocycles. The molecule has 0 aromatic heterocycles. The SMILES string of the molecule is CC(C)c1ccc(C(C)NCCS(C)=O)cc1. The highest BCUT2D eigenvalue weighted by Gasteiger charge is 2.05. The molecular weight excluding hydrogens is 230 g/mol. The highest BCUT2D eigenvalue weighted by atomic mass is 32.2. The van der Waals surface area contributed by atoms with Crippen LogP contribution < -0.4 is 5.32 Å². The molecule has 0 bridgehead atoms. The van der Waals surface area contributed by atoms with Gasteiger partial charge in [0, 0.05) is 35.4 Å². The molecule has 0 aliphatic rings. The lowest BCUT2D eigenvalue weighted by Gasteiger charge is -2.15. The van der Waals surface area contributed by atoms with Gasteiger partial charge >= 0.3 is 0 Å². The second-order valence-electron chi connectivity index (χ2n) is 4.77. The zero-order valence-corrected chi connectivity index (χ0v) is 12.0. The van der Waals surface area contributed by atoms with E-state index in [9.17, 15) is 4.21 Å². The Bertz CT molecular complexity index is 359. The lowest BCUT2D eigenvalue weighted by atomic mass is 10.00. The van der Waals surface area contributed by atoms with Gasteiger partial charge in [0.25, 0.3) is 0 Å². The van der Waals surface area contributed by atoms with Crippen LogP contribution in [0.25, 0.3) is 0 Å². The Morgan fingerprint density at radius 1 is 1.12 bits per heavy atom. The maximum absolute atomic E-state index is 11.0. The van der Waals surface area contributed by atoms with Gasteiger partial charge in [-0.05, 0) is 24.0 Å². The van der Waals surface area contributed by atoms with Crippen molar-refractivity contribution in [2.45, 2.75) is 32.7 Å².